The van der Waals surface area contributed by atoms with Crippen molar-refractivity contribution >= 4 is 33.4 Å². The summed E-state index contributed by atoms with van der Waals surface area (Å²) in [6.07, 6.45) is 2.18. The summed E-state index contributed by atoms with van der Waals surface area (Å²) in [7, 11) is 0. The first kappa shape index (κ1) is 19.8. The van der Waals surface area contributed by atoms with E-state index >= 15 is 0 Å². The van der Waals surface area contributed by atoms with E-state index in [1.165, 1.54) is 22.1 Å². The van der Waals surface area contributed by atoms with E-state index in [2.05, 4.69) is 22.2 Å². The third kappa shape index (κ3) is 4.38. The van der Waals surface area contributed by atoms with E-state index in [9.17, 15) is 9.59 Å². The number of nitrogens with one attached hydrogen (secondary N) is 1. The van der Waals surface area contributed by atoms with E-state index < -0.39 is 0 Å². The number of hydrogen-bond acceptors (Lipinski definition) is 6. The van der Waals surface area contributed by atoms with Gasteiger partial charge in [-0.1, -0.05) is 19.1 Å². The summed E-state index contributed by atoms with van der Waals surface area (Å²) in [6, 6.07) is 14.9. The molecule has 30 heavy (non-hydrogen) atoms. The minimum Gasteiger partial charge on any atom is -0.494 e. The summed E-state index contributed by atoms with van der Waals surface area (Å²) >= 11 is 1.34. The molecule has 0 atom stereocenters. The lowest BCUT2D eigenvalue weighted by atomic mass is 10.2. The molecule has 4 aromatic rings. The molecule has 1 amide bonds. The summed E-state index contributed by atoms with van der Waals surface area (Å²) in [5.74, 6) is 0.497. The molecule has 2 heterocycles. The Morgan fingerprint density at radius 3 is 2.77 bits per heavy atom. The van der Waals surface area contributed by atoms with Crippen LogP contribution < -0.4 is 15.6 Å². The second kappa shape index (κ2) is 8.87. The van der Waals surface area contributed by atoms with Crippen molar-refractivity contribution in [2.24, 2.45) is 0 Å². The van der Waals surface area contributed by atoms with E-state index in [0.717, 1.165) is 23.4 Å². The number of anilines is 1. The Balaban J connectivity index is 1.46. The fraction of sp³-hybridized carbons (Fsp3) is 0.182. The monoisotopic (exact) mass is 420 g/mol. The highest BCUT2D eigenvalue weighted by Crippen LogP contribution is 2.26. The number of carbonyl (C=O) groups is 1. The molecule has 4 rings (SSSR count). The smallest absolute Gasteiger partial charge is 0.269 e. The van der Waals surface area contributed by atoms with Gasteiger partial charge in [-0.05, 0) is 42.8 Å². The zero-order valence-corrected chi connectivity index (χ0v) is 17.2. The Bertz CT molecular complexity index is 1230. The van der Waals surface area contributed by atoms with Gasteiger partial charge in [0.15, 0.2) is 5.13 Å². The van der Waals surface area contributed by atoms with Crippen molar-refractivity contribution in [2.45, 2.75) is 19.9 Å². The van der Waals surface area contributed by atoms with E-state index in [1.807, 2.05) is 41.8 Å². The fourth-order valence-electron chi connectivity index (χ4n) is 2.99. The Labute approximate surface area is 177 Å². The average Bonchev–Trinajstić information content (AvgIpc) is 3.23. The van der Waals surface area contributed by atoms with Crippen molar-refractivity contribution in [3.63, 3.8) is 0 Å². The first-order chi connectivity index (χ1) is 14.6. The summed E-state index contributed by atoms with van der Waals surface area (Å²) in [6.45, 7) is 2.63. The maximum Gasteiger partial charge on any atom is 0.269 e. The molecule has 0 aliphatic rings. The number of benzene rings is 2. The number of hydrogen-bond donors (Lipinski definition) is 1. The molecule has 0 radical (unpaired) electrons. The molecule has 8 heteroatoms. The topological polar surface area (TPSA) is 86.1 Å². The van der Waals surface area contributed by atoms with E-state index in [1.54, 1.807) is 12.1 Å². The lowest BCUT2D eigenvalue weighted by Gasteiger charge is -2.08. The van der Waals surface area contributed by atoms with Crippen LogP contribution in [-0.4, -0.2) is 27.0 Å². The third-order valence-electron chi connectivity index (χ3n) is 4.43. The number of aromatic nitrogens is 3. The molecule has 0 bridgehead atoms. The second-order valence-electron chi connectivity index (χ2n) is 6.63. The van der Waals surface area contributed by atoms with Gasteiger partial charge in [-0.3, -0.25) is 14.2 Å². The highest BCUT2D eigenvalue weighted by molar-refractivity contribution is 7.14. The number of nitrogens with zero attached hydrogens (tertiary/aromatic N) is 3. The fourth-order valence-corrected chi connectivity index (χ4v) is 3.72. The number of fused-ring (bicyclic) bond motifs is 1. The lowest BCUT2D eigenvalue weighted by molar-refractivity contribution is -0.116. The molecular weight excluding hydrogens is 400 g/mol. The quantitative estimate of drug-likeness (QED) is 0.489. The summed E-state index contributed by atoms with van der Waals surface area (Å²) in [4.78, 5) is 33.3. The number of carbonyl (C=O) groups excluding carboxylic acids is 1. The van der Waals surface area contributed by atoms with Gasteiger partial charge in [0.2, 0.25) is 5.91 Å². The van der Waals surface area contributed by atoms with Gasteiger partial charge in [0, 0.05) is 10.9 Å². The van der Waals surface area contributed by atoms with Crippen molar-refractivity contribution < 1.29 is 9.53 Å². The zero-order valence-electron chi connectivity index (χ0n) is 16.4. The van der Waals surface area contributed by atoms with Gasteiger partial charge in [-0.15, -0.1) is 11.3 Å². The van der Waals surface area contributed by atoms with Gasteiger partial charge in [-0.2, -0.15) is 0 Å². The number of rotatable bonds is 7. The molecule has 1 N–H and O–H groups in total. The minimum absolute atomic E-state index is 0.111. The van der Waals surface area contributed by atoms with E-state index in [0.29, 0.717) is 22.8 Å². The minimum atomic E-state index is -0.325. The van der Waals surface area contributed by atoms with Crippen LogP contribution >= 0.6 is 11.3 Å². The molecule has 0 saturated carbocycles. The molecule has 0 aliphatic carbocycles. The van der Waals surface area contributed by atoms with Crippen molar-refractivity contribution in [3.05, 3.63) is 70.5 Å². The number of amides is 1. The second-order valence-corrected chi connectivity index (χ2v) is 7.49. The Morgan fingerprint density at radius 2 is 1.97 bits per heavy atom. The van der Waals surface area contributed by atoms with E-state index in [4.69, 9.17) is 4.74 Å². The largest absolute Gasteiger partial charge is 0.494 e. The molecule has 2 aromatic carbocycles. The predicted octanol–water partition coefficient (Wildman–Crippen LogP) is 3.95. The van der Waals surface area contributed by atoms with E-state index in [-0.39, 0.29) is 18.0 Å². The Hall–Kier alpha value is -3.52. The maximum absolute atomic E-state index is 12.5. The summed E-state index contributed by atoms with van der Waals surface area (Å²) in [5, 5.41) is 5.14. The first-order valence-electron chi connectivity index (χ1n) is 9.57. The van der Waals surface area contributed by atoms with Crippen molar-refractivity contribution in [1.29, 1.82) is 0 Å². The van der Waals surface area contributed by atoms with Gasteiger partial charge >= 0.3 is 0 Å². The lowest BCUT2D eigenvalue weighted by Crippen LogP contribution is -2.27. The van der Waals surface area contributed by atoms with Gasteiger partial charge in [-0.25, -0.2) is 9.97 Å². The van der Waals surface area contributed by atoms with Crippen LogP contribution in [0.5, 0.6) is 5.75 Å². The zero-order chi connectivity index (χ0) is 20.9. The van der Waals surface area contributed by atoms with Crippen LogP contribution in [0.4, 0.5) is 5.13 Å². The molecule has 0 aliphatic heterocycles. The third-order valence-corrected chi connectivity index (χ3v) is 5.19. The summed E-state index contributed by atoms with van der Waals surface area (Å²) < 4.78 is 7.00. The molecule has 152 valence electrons. The normalized spacial score (nSPS) is 10.8. The maximum atomic E-state index is 12.5. The van der Waals surface area contributed by atoms with Crippen LogP contribution in [-0.2, 0) is 11.3 Å². The standard InChI is InChI=1S/C22H20N4O3S/c1-2-11-29-16-9-7-15(8-10-16)18-14-30-22(24-18)25-20(27)13-26-19-6-4-3-5-17(19)23-12-21(26)28/h3-10,12,14H,2,11,13H2,1H3,(H,24,25,27). The molecule has 7 nitrogen and oxygen atoms in total. The van der Waals surface area contributed by atoms with Crippen LogP contribution in [0.2, 0.25) is 0 Å². The molecule has 0 unspecified atom stereocenters. The van der Waals surface area contributed by atoms with Crippen molar-refractivity contribution in [3.8, 4) is 17.0 Å². The van der Waals surface area contributed by atoms with Crippen LogP contribution in [0, 0.1) is 0 Å². The highest BCUT2D eigenvalue weighted by atomic mass is 32.1. The molecule has 0 spiro atoms. The Morgan fingerprint density at radius 1 is 1.17 bits per heavy atom. The number of para-hydroxylation sites is 2. The SMILES string of the molecule is CCCOc1ccc(-c2csc(NC(=O)Cn3c(=O)cnc4ccccc43)n2)cc1. The van der Waals surface area contributed by atoms with Gasteiger partial charge in [0.25, 0.3) is 5.56 Å². The molecule has 0 saturated heterocycles. The van der Waals surface area contributed by atoms with Gasteiger partial charge in [0.05, 0.1) is 29.5 Å². The van der Waals surface area contributed by atoms with Gasteiger partial charge < -0.3 is 10.1 Å². The molecular formula is C22H20N4O3S. The predicted molar refractivity (Wildman–Crippen MR) is 118 cm³/mol. The average molecular weight is 420 g/mol. The Kier molecular flexibility index (Phi) is 5.85. The van der Waals surface area contributed by atoms with Crippen LogP contribution in [0.25, 0.3) is 22.3 Å². The first-order valence-corrected chi connectivity index (χ1v) is 10.4. The summed E-state index contributed by atoms with van der Waals surface area (Å²) in [5.41, 5.74) is 2.66. The van der Waals surface area contributed by atoms with Crippen molar-refractivity contribution in [2.75, 3.05) is 11.9 Å². The number of ether oxygens (including phenoxy) is 1. The van der Waals surface area contributed by atoms with Crippen LogP contribution in [0.15, 0.2) is 64.9 Å². The van der Waals surface area contributed by atoms with Gasteiger partial charge in [0.1, 0.15) is 12.3 Å². The van der Waals surface area contributed by atoms with Crippen LogP contribution in [0.1, 0.15) is 13.3 Å². The van der Waals surface area contributed by atoms with Crippen LogP contribution in [0.3, 0.4) is 0 Å². The molecule has 2 aromatic heterocycles. The van der Waals surface area contributed by atoms with Crippen molar-refractivity contribution in [1.82, 2.24) is 14.5 Å². The highest BCUT2D eigenvalue weighted by Gasteiger charge is 2.12. The molecule has 0 fully saturated rings. The number of thiazole rings is 1.